The largest absolute Gasteiger partial charge is 0.496 e. The van der Waals surface area contributed by atoms with Crippen LogP contribution < -0.4 is 10.1 Å². The number of rotatable bonds is 7. The summed E-state index contributed by atoms with van der Waals surface area (Å²) in [6.45, 7) is 0. The van der Waals surface area contributed by atoms with Crippen LogP contribution in [0.4, 0.5) is 13.2 Å². The van der Waals surface area contributed by atoms with Crippen molar-refractivity contribution in [3.05, 3.63) is 65.2 Å². The van der Waals surface area contributed by atoms with Crippen LogP contribution in [0.15, 0.2) is 48.5 Å². The Hall–Kier alpha value is -3.07. The number of aliphatic hydroxyl groups is 1. The average molecular weight is 397 g/mol. The molecule has 1 amide bonds. The van der Waals surface area contributed by atoms with Gasteiger partial charge in [-0.2, -0.15) is 13.2 Å². The van der Waals surface area contributed by atoms with Crippen LogP contribution in [0, 0.1) is 0 Å². The summed E-state index contributed by atoms with van der Waals surface area (Å²) in [6, 6.07) is 8.66. The number of aliphatic hydroxyl groups excluding tert-OH is 1. The number of hydrogen-bond acceptors (Lipinski definition) is 4. The average Bonchev–Trinajstić information content (AvgIpc) is 2.66. The Bertz CT molecular complexity index is 836. The van der Waals surface area contributed by atoms with Crippen molar-refractivity contribution in [3.63, 3.8) is 0 Å². The van der Waals surface area contributed by atoms with Gasteiger partial charge in [0.05, 0.1) is 12.7 Å². The Morgan fingerprint density at radius 3 is 2.25 bits per heavy atom. The quantitative estimate of drug-likeness (QED) is 0.668. The van der Waals surface area contributed by atoms with Crippen molar-refractivity contribution in [2.24, 2.45) is 0 Å². The van der Waals surface area contributed by atoms with E-state index >= 15 is 0 Å². The van der Waals surface area contributed by atoms with E-state index in [9.17, 15) is 33.0 Å². The van der Waals surface area contributed by atoms with E-state index in [1.54, 1.807) is 24.3 Å². The second kappa shape index (κ2) is 8.75. The smallest absolute Gasteiger partial charge is 0.416 e. The molecule has 3 N–H and O–H groups in total. The summed E-state index contributed by atoms with van der Waals surface area (Å²) in [5, 5.41) is 21.6. The van der Waals surface area contributed by atoms with Crippen LogP contribution in [0.2, 0.25) is 0 Å². The van der Waals surface area contributed by atoms with Gasteiger partial charge in [-0.25, -0.2) is 4.79 Å². The number of alkyl halides is 3. The van der Waals surface area contributed by atoms with Gasteiger partial charge in [-0.15, -0.1) is 0 Å². The van der Waals surface area contributed by atoms with Gasteiger partial charge in [0, 0.05) is 6.42 Å². The number of ether oxygens (including phenoxy) is 1. The molecule has 0 fully saturated rings. The first-order valence-electron chi connectivity index (χ1n) is 8.13. The van der Waals surface area contributed by atoms with Gasteiger partial charge in [-0.1, -0.05) is 30.3 Å². The zero-order chi connectivity index (χ0) is 20.9. The van der Waals surface area contributed by atoms with Crippen molar-refractivity contribution in [3.8, 4) is 5.75 Å². The Balaban J connectivity index is 2.12. The lowest BCUT2D eigenvalue weighted by atomic mass is 10.0. The van der Waals surface area contributed by atoms with Crippen LogP contribution in [-0.2, 0) is 22.2 Å². The number of aliphatic carboxylic acids is 1. The highest BCUT2D eigenvalue weighted by Crippen LogP contribution is 2.30. The van der Waals surface area contributed by atoms with Crippen molar-refractivity contribution in [1.29, 1.82) is 0 Å². The third-order valence-electron chi connectivity index (χ3n) is 4.03. The first-order chi connectivity index (χ1) is 13.1. The number of benzene rings is 2. The number of amides is 1. The molecule has 0 radical (unpaired) electrons. The van der Waals surface area contributed by atoms with Gasteiger partial charge in [0.2, 0.25) is 0 Å². The van der Waals surface area contributed by atoms with E-state index in [1.165, 1.54) is 7.11 Å². The number of para-hydroxylation sites is 1. The van der Waals surface area contributed by atoms with Crippen molar-refractivity contribution in [1.82, 2.24) is 5.32 Å². The van der Waals surface area contributed by atoms with Crippen LogP contribution >= 0.6 is 0 Å². The van der Waals surface area contributed by atoms with Crippen LogP contribution in [0.5, 0.6) is 5.75 Å². The second-order valence-electron chi connectivity index (χ2n) is 5.94. The number of methoxy groups -OCH3 is 1. The summed E-state index contributed by atoms with van der Waals surface area (Å²) in [4.78, 5) is 23.7. The van der Waals surface area contributed by atoms with Crippen LogP contribution in [0.3, 0.4) is 0 Å². The lowest BCUT2D eigenvalue weighted by Gasteiger charge is -2.19. The second-order valence-corrected chi connectivity index (χ2v) is 5.94. The van der Waals surface area contributed by atoms with E-state index in [-0.39, 0.29) is 12.0 Å². The molecule has 0 saturated carbocycles. The summed E-state index contributed by atoms with van der Waals surface area (Å²) in [5.74, 6) is -1.94. The zero-order valence-corrected chi connectivity index (χ0v) is 14.7. The maximum atomic E-state index is 12.6. The standard InChI is InChI=1S/C19H18F3NO5/c1-28-15-5-3-2-4-12(15)10-14(18(26)27)23-17(25)16(24)11-6-8-13(9-7-11)19(20,21)22/h2-9,14,16,24H,10H2,1H3,(H,23,25)(H,26,27)/t14-,16+/m0/s1. The maximum Gasteiger partial charge on any atom is 0.416 e. The van der Waals surface area contributed by atoms with Crippen molar-refractivity contribution in [2.45, 2.75) is 24.7 Å². The Morgan fingerprint density at radius 2 is 1.71 bits per heavy atom. The number of carbonyl (C=O) groups excluding carboxylic acids is 1. The van der Waals surface area contributed by atoms with E-state index in [2.05, 4.69) is 5.32 Å². The topological polar surface area (TPSA) is 95.9 Å². The molecule has 0 spiro atoms. The molecule has 6 nitrogen and oxygen atoms in total. The highest BCUT2D eigenvalue weighted by atomic mass is 19.4. The van der Waals surface area contributed by atoms with Gasteiger partial charge >= 0.3 is 12.1 Å². The molecule has 0 aromatic heterocycles. The minimum atomic E-state index is -4.55. The molecule has 150 valence electrons. The molecular formula is C19H18F3NO5. The van der Waals surface area contributed by atoms with E-state index in [0.29, 0.717) is 11.3 Å². The molecule has 2 atom stereocenters. The molecule has 0 heterocycles. The fourth-order valence-corrected chi connectivity index (χ4v) is 2.55. The zero-order valence-electron chi connectivity index (χ0n) is 14.7. The Kier molecular flexibility index (Phi) is 6.63. The fraction of sp³-hybridized carbons (Fsp3) is 0.263. The third-order valence-corrected chi connectivity index (χ3v) is 4.03. The highest BCUT2D eigenvalue weighted by Gasteiger charge is 2.31. The maximum absolute atomic E-state index is 12.6. The predicted molar refractivity (Wildman–Crippen MR) is 92.7 cm³/mol. The van der Waals surface area contributed by atoms with Crippen LogP contribution in [0.25, 0.3) is 0 Å². The van der Waals surface area contributed by atoms with Crippen LogP contribution in [-0.4, -0.2) is 35.2 Å². The Morgan fingerprint density at radius 1 is 1.11 bits per heavy atom. The highest BCUT2D eigenvalue weighted by molar-refractivity contribution is 5.87. The molecule has 0 aliphatic rings. The summed E-state index contributed by atoms with van der Waals surface area (Å²) in [6.07, 6.45) is -6.47. The number of carboxylic acid groups (broad SMARTS) is 1. The summed E-state index contributed by atoms with van der Waals surface area (Å²) in [5.41, 5.74) is -0.489. The third kappa shape index (κ3) is 5.23. The lowest BCUT2D eigenvalue weighted by molar-refractivity contribution is -0.143. The molecule has 0 aliphatic carbocycles. The fourth-order valence-electron chi connectivity index (χ4n) is 2.55. The van der Waals surface area contributed by atoms with Crippen LogP contribution in [0.1, 0.15) is 22.8 Å². The van der Waals surface area contributed by atoms with E-state index in [0.717, 1.165) is 24.3 Å². The van der Waals surface area contributed by atoms with Crippen molar-refractivity contribution < 1.29 is 37.7 Å². The van der Waals surface area contributed by atoms with Gasteiger partial charge in [-0.05, 0) is 29.3 Å². The first-order valence-corrected chi connectivity index (χ1v) is 8.13. The lowest BCUT2D eigenvalue weighted by Crippen LogP contribution is -2.44. The monoisotopic (exact) mass is 397 g/mol. The Labute approximate surface area is 158 Å². The molecule has 2 rings (SSSR count). The minimum absolute atomic E-state index is 0.0908. The molecule has 0 unspecified atom stereocenters. The van der Waals surface area contributed by atoms with E-state index in [1.807, 2.05) is 0 Å². The molecule has 0 aliphatic heterocycles. The number of halogens is 3. The number of carbonyl (C=O) groups is 2. The van der Waals surface area contributed by atoms with Gasteiger partial charge in [0.15, 0.2) is 6.10 Å². The van der Waals surface area contributed by atoms with Gasteiger partial charge < -0.3 is 20.3 Å². The van der Waals surface area contributed by atoms with Gasteiger partial charge in [0.25, 0.3) is 5.91 Å². The minimum Gasteiger partial charge on any atom is -0.496 e. The molecule has 2 aromatic carbocycles. The van der Waals surface area contributed by atoms with Gasteiger partial charge in [0.1, 0.15) is 11.8 Å². The number of nitrogens with one attached hydrogen (secondary N) is 1. The summed E-state index contributed by atoms with van der Waals surface area (Å²) < 4.78 is 42.9. The molecular weight excluding hydrogens is 379 g/mol. The first kappa shape index (κ1) is 21.2. The summed E-state index contributed by atoms with van der Waals surface area (Å²) in [7, 11) is 1.42. The number of hydrogen-bond donors (Lipinski definition) is 3. The number of carboxylic acids is 1. The molecule has 9 heteroatoms. The summed E-state index contributed by atoms with van der Waals surface area (Å²) >= 11 is 0. The van der Waals surface area contributed by atoms with Crippen molar-refractivity contribution in [2.75, 3.05) is 7.11 Å². The molecule has 0 saturated heterocycles. The van der Waals surface area contributed by atoms with E-state index < -0.39 is 35.8 Å². The molecule has 0 bridgehead atoms. The predicted octanol–water partition coefficient (Wildman–Crippen LogP) is 2.56. The van der Waals surface area contributed by atoms with Gasteiger partial charge in [-0.3, -0.25) is 4.79 Å². The molecule has 28 heavy (non-hydrogen) atoms. The normalized spacial score (nSPS) is 13.5. The molecule has 2 aromatic rings. The van der Waals surface area contributed by atoms with Crippen molar-refractivity contribution >= 4 is 11.9 Å². The SMILES string of the molecule is COc1ccccc1C[C@H](NC(=O)[C@H](O)c1ccc(C(F)(F)F)cc1)C(=O)O. The van der Waals surface area contributed by atoms with E-state index in [4.69, 9.17) is 4.74 Å².